The van der Waals surface area contributed by atoms with Gasteiger partial charge < -0.3 is 10.4 Å². The third-order valence-electron chi connectivity index (χ3n) is 2.64. The molecule has 18 heavy (non-hydrogen) atoms. The summed E-state index contributed by atoms with van der Waals surface area (Å²) >= 11 is 11.8. The maximum Gasteiger partial charge on any atom is 0.159 e. The summed E-state index contributed by atoms with van der Waals surface area (Å²) in [6.07, 6.45) is 0. The molecule has 0 aliphatic heterocycles. The first kappa shape index (κ1) is 13.2. The molecule has 2 rings (SSSR count). The molecule has 2 aromatic rings. The lowest BCUT2D eigenvalue weighted by Crippen LogP contribution is -2.31. The van der Waals surface area contributed by atoms with Gasteiger partial charge in [-0.15, -0.1) is 0 Å². The van der Waals surface area contributed by atoms with Crippen molar-refractivity contribution < 1.29 is 5.11 Å². The smallest absolute Gasteiger partial charge is 0.159 e. The number of aliphatic hydroxyl groups is 1. The van der Waals surface area contributed by atoms with Gasteiger partial charge in [-0.3, -0.25) is 0 Å². The average molecular weight is 282 g/mol. The molecule has 0 aromatic heterocycles. The molecular formula is C14H13Cl2NO. The summed E-state index contributed by atoms with van der Waals surface area (Å²) in [7, 11) is 0. The highest BCUT2D eigenvalue weighted by molar-refractivity contribution is 6.42. The molecule has 2 aromatic carbocycles. The van der Waals surface area contributed by atoms with Crippen molar-refractivity contribution in [3.05, 3.63) is 64.1 Å². The summed E-state index contributed by atoms with van der Waals surface area (Å²) in [4.78, 5) is 0. The fourth-order valence-electron chi connectivity index (χ4n) is 1.69. The van der Waals surface area contributed by atoms with Crippen molar-refractivity contribution in [1.82, 2.24) is 0 Å². The number of hydrogen-bond donors (Lipinski definition) is 2. The Labute approximate surface area is 116 Å². The molecule has 0 saturated carbocycles. The first-order valence-corrected chi connectivity index (χ1v) is 6.26. The normalized spacial score (nSPS) is 14.0. The van der Waals surface area contributed by atoms with Crippen molar-refractivity contribution in [2.75, 3.05) is 5.32 Å². The van der Waals surface area contributed by atoms with Gasteiger partial charge in [0.05, 0.1) is 10.0 Å². The maximum absolute atomic E-state index is 10.4. The Kier molecular flexibility index (Phi) is 3.81. The van der Waals surface area contributed by atoms with E-state index in [0.717, 1.165) is 5.56 Å². The Balaban J connectivity index is 2.25. The lowest BCUT2D eigenvalue weighted by molar-refractivity contribution is 0.0888. The molecule has 0 radical (unpaired) electrons. The largest absolute Gasteiger partial charge is 0.367 e. The maximum atomic E-state index is 10.4. The van der Waals surface area contributed by atoms with E-state index in [1.54, 1.807) is 25.1 Å². The van der Waals surface area contributed by atoms with E-state index in [0.29, 0.717) is 15.7 Å². The van der Waals surface area contributed by atoms with Gasteiger partial charge in [0, 0.05) is 11.3 Å². The predicted molar refractivity (Wildman–Crippen MR) is 76.1 cm³/mol. The van der Waals surface area contributed by atoms with Gasteiger partial charge in [0.25, 0.3) is 0 Å². The highest BCUT2D eigenvalue weighted by atomic mass is 35.5. The highest BCUT2D eigenvalue weighted by Gasteiger charge is 2.22. The van der Waals surface area contributed by atoms with Gasteiger partial charge in [-0.25, -0.2) is 0 Å². The second-order valence-electron chi connectivity index (χ2n) is 4.19. The molecule has 0 amide bonds. The monoisotopic (exact) mass is 281 g/mol. The molecule has 4 heteroatoms. The Morgan fingerprint density at radius 2 is 1.67 bits per heavy atom. The van der Waals surface area contributed by atoms with Crippen LogP contribution in [0.5, 0.6) is 0 Å². The Hall–Kier alpha value is -1.22. The zero-order valence-corrected chi connectivity index (χ0v) is 11.3. The lowest BCUT2D eigenvalue weighted by atomic mass is 10.0. The highest BCUT2D eigenvalue weighted by Crippen LogP contribution is 2.28. The molecule has 0 bridgehead atoms. The predicted octanol–water partition coefficient (Wildman–Crippen LogP) is 4.27. The van der Waals surface area contributed by atoms with Crippen molar-refractivity contribution in [2.45, 2.75) is 12.6 Å². The van der Waals surface area contributed by atoms with Crippen LogP contribution < -0.4 is 5.32 Å². The lowest BCUT2D eigenvalue weighted by Gasteiger charge is -2.26. The van der Waals surface area contributed by atoms with E-state index in [4.69, 9.17) is 23.2 Å². The molecule has 0 aliphatic rings. The molecular weight excluding hydrogens is 269 g/mol. The van der Waals surface area contributed by atoms with Crippen molar-refractivity contribution >= 4 is 28.9 Å². The number of benzene rings is 2. The van der Waals surface area contributed by atoms with Crippen LogP contribution in [0.1, 0.15) is 12.5 Å². The van der Waals surface area contributed by atoms with E-state index in [-0.39, 0.29) is 0 Å². The first-order valence-electron chi connectivity index (χ1n) is 5.50. The van der Waals surface area contributed by atoms with Gasteiger partial charge in [0.2, 0.25) is 0 Å². The van der Waals surface area contributed by atoms with Crippen LogP contribution >= 0.6 is 23.2 Å². The van der Waals surface area contributed by atoms with E-state index >= 15 is 0 Å². The van der Waals surface area contributed by atoms with Crippen molar-refractivity contribution in [3.8, 4) is 0 Å². The number of halogens is 2. The van der Waals surface area contributed by atoms with Crippen molar-refractivity contribution in [2.24, 2.45) is 0 Å². The zero-order valence-electron chi connectivity index (χ0n) is 9.82. The summed E-state index contributed by atoms with van der Waals surface area (Å²) in [5.41, 5.74) is 0.313. The van der Waals surface area contributed by atoms with Crippen LogP contribution in [-0.4, -0.2) is 5.11 Å². The summed E-state index contributed by atoms with van der Waals surface area (Å²) in [6, 6.07) is 14.5. The Morgan fingerprint density at radius 3 is 2.28 bits per heavy atom. The minimum Gasteiger partial charge on any atom is -0.367 e. The zero-order chi connectivity index (χ0) is 13.2. The van der Waals surface area contributed by atoms with Gasteiger partial charge in [0.15, 0.2) is 5.72 Å². The SMILES string of the molecule is CC(O)(Nc1ccc(Cl)c(Cl)c1)c1ccccc1. The minimum absolute atomic E-state index is 0.450. The van der Waals surface area contributed by atoms with Crippen molar-refractivity contribution in [3.63, 3.8) is 0 Å². The van der Waals surface area contributed by atoms with Gasteiger partial charge in [-0.1, -0.05) is 53.5 Å². The number of rotatable bonds is 3. The molecule has 0 aliphatic carbocycles. The molecule has 0 spiro atoms. The second-order valence-corrected chi connectivity index (χ2v) is 5.01. The van der Waals surface area contributed by atoms with Crippen LogP contribution in [0.2, 0.25) is 10.0 Å². The molecule has 1 atom stereocenters. The van der Waals surface area contributed by atoms with Gasteiger partial charge >= 0.3 is 0 Å². The number of nitrogens with one attached hydrogen (secondary N) is 1. The molecule has 94 valence electrons. The van der Waals surface area contributed by atoms with Crippen LogP contribution in [0.25, 0.3) is 0 Å². The summed E-state index contributed by atoms with van der Waals surface area (Å²) in [5, 5.41) is 14.4. The van der Waals surface area contributed by atoms with Crippen LogP contribution in [0, 0.1) is 0 Å². The van der Waals surface area contributed by atoms with E-state index < -0.39 is 5.72 Å². The fraction of sp³-hybridized carbons (Fsp3) is 0.143. The Morgan fingerprint density at radius 1 is 1.00 bits per heavy atom. The fourth-order valence-corrected chi connectivity index (χ4v) is 1.99. The van der Waals surface area contributed by atoms with E-state index in [1.165, 1.54) is 0 Å². The second kappa shape index (κ2) is 5.19. The molecule has 1 unspecified atom stereocenters. The summed E-state index contributed by atoms with van der Waals surface area (Å²) in [5.74, 6) is 0. The van der Waals surface area contributed by atoms with Crippen molar-refractivity contribution in [1.29, 1.82) is 0 Å². The molecule has 2 nitrogen and oxygen atoms in total. The van der Waals surface area contributed by atoms with E-state index in [2.05, 4.69) is 5.32 Å². The standard InChI is InChI=1S/C14H13Cl2NO/c1-14(18,10-5-3-2-4-6-10)17-11-7-8-12(15)13(16)9-11/h2-9,17-18H,1H3. The first-order chi connectivity index (χ1) is 8.49. The summed E-state index contributed by atoms with van der Waals surface area (Å²) < 4.78 is 0. The van der Waals surface area contributed by atoms with Crippen LogP contribution in [-0.2, 0) is 5.72 Å². The third-order valence-corrected chi connectivity index (χ3v) is 3.38. The van der Waals surface area contributed by atoms with Crippen LogP contribution in [0.4, 0.5) is 5.69 Å². The molecule has 2 N–H and O–H groups in total. The topological polar surface area (TPSA) is 32.3 Å². The third kappa shape index (κ3) is 2.96. The Bertz CT molecular complexity index is 541. The van der Waals surface area contributed by atoms with E-state index in [9.17, 15) is 5.11 Å². The number of anilines is 1. The van der Waals surface area contributed by atoms with Gasteiger partial charge in [0.1, 0.15) is 0 Å². The quantitative estimate of drug-likeness (QED) is 0.824. The minimum atomic E-state index is -1.17. The average Bonchev–Trinajstić information content (AvgIpc) is 2.35. The van der Waals surface area contributed by atoms with Gasteiger partial charge in [-0.2, -0.15) is 0 Å². The molecule has 0 saturated heterocycles. The van der Waals surface area contributed by atoms with Crippen LogP contribution in [0.15, 0.2) is 48.5 Å². The summed E-state index contributed by atoms with van der Waals surface area (Å²) in [6.45, 7) is 1.69. The number of hydrogen-bond acceptors (Lipinski definition) is 2. The molecule has 0 heterocycles. The van der Waals surface area contributed by atoms with Crippen LogP contribution in [0.3, 0.4) is 0 Å². The van der Waals surface area contributed by atoms with E-state index in [1.807, 2.05) is 30.3 Å². The molecule has 0 fully saturated rings. The van der Waals surface area contributed by atoms with Gasteiger partial charge in [-0.05, 0) is 25.1 Å².